The average Bonchev–Trinajstić information content (AvgIpc) is 2.94. The first-order valence-electron chi connectivity index (χ1n) is 5.98. The fourth-order valence-electron chi connectivity index (χ4n) is 1.96. The lowest BCUT2D eigenvalue weighted by atomic mass is 10.2. The summed E-state index contributed by atoms with van der Waals surface area (Å²) in [7, 11) is 0. The van der Waals surface area contributed by atoms with E-state index in [0.717, 1.165) is 25.2 Å². The molecule has 0 aliphatic carbocycles. The monoisotopic (exact) mass is 343 g/mol. The lowest BCUT2D eigenvalue weighted by Gasteiger charge is -2.13. The third kappa shape index (κ3) is 2.76. The maximum atomic E-state index is 5.99. The van der Waals surface area contributed by atoms with Gasteiger partial charge in [0.2, 0.25) is 5.28 Å². The van der Waals surface area contributed by atoms with Gasteiger partial charge >= 0.3 is 0 Å². The molecule has 0 aromatic carbocycles. The molecule has 3 aromatic rings. The van der Waals surface area contributed by atoms with Crippen molar-refractivity contribution >= 4 is 61.9 Å². The van der Waals surface area contributed by atoms with Gasteiger partial charge in [0, 0.05) is 9.75 Å². The second kappa shape index (κ2) is 5.48. The van der Waals surface area contributed by atoms with Gasteiger partial charge in [-0.2, -0.15) is 0 Å². The van der Waals surface area contributed by atoms with Gasteiger partial charge in [-0.3, -0.25) is 0 Å². The summed E-state index contributed by atoms with van der Waals surface area (Å²) in [4.78, 5) is 11.8. The van der Waals surface area contributed by atoms with Crippen molar-refractivity contribution in [3.63, 3.8) is 0 Å². The van der Waals surface area contributed by atoms with Crippen molar-refractivity contribution in [2.24, 2.45) is 0 Å². The highest BCUT2D eigenvalue weighted by atomic mass is 35.5. The maximum Gasteiger partial charge on any atom is 0.225 e. The number of aromatic nitrogens is 2. The number of thiophene rings is 2. The zero-order chi connectivity index (χ0) is 14.3. The van der Waals surface area contributed by atoms with Crippen molar-refractivity contribution < 1.29 is 0 Å². The minimum absolute atomic E-state index is 0.113. The molecular formula is C13H11Cl2N3S2. The van der Waals surface area contributed by atoms with E-state index < -0.39 is 0 Å². The van der Waals surface area contributed by atoms with Crippen LogP contribution in [0.2, 0.25) is 9.62 Å². The lowest BCUT2D eigenvalue weighted by molar-refractivity contribution is 0.898. The number of aryl methyl sites for hydroxylation is 1. The quantitative estimate of drug-likeness (QED) is 0.634. The molecule has 3 aromatic heterocycles. The Morgan fingerprint density at radius 1 is 1.20 bits per heavy atom. The molecule has 1 unspecified atom stereocenters. The summed E-state index contributed by atoms with van der Waals surface area (Å²) in [5, 5.41) is 4.66. The normalized spacial score (nSPS) is 12.8. The molecule has 0 spiro atoms. The summed E-state index contributed by atoms with van der Waals surface area (Å²) in [6, 6.07) is 6.11. The summed E-state index contributed by atoms with van der Waals surface area (Å²) < 4.78 is 0.783. The number of rotatable bonds is 3. The van der Waals surface area contributed by atoms with Crippen molar-refractivity contribution in [3.8, 4) is 0 Å². The molecule has 0 saturated carbocycles. The second-order valence-electron chi connectivity index (χ2n) is 4.43. The van der Waals surface area contributed by atoms with Gasteiger partial charge in [-0.05, 0) is 43.6 Å². The van der Waals surface area contributed by atoms with E-state index in [0.29, 0.717) is 0 Å². The van der Waals surface area contributed by atoms with Crippen LogP contribution in [0.1, 0.15) is 22.7 Å². The molecule has 0 radical (unpaired) electrons. The Labute approximate surface area is 134 Å². The van der Waals surface area contributed by atoms with E-state index in [4.69, 9.17) is 23.2 Å². The van der Waals surface area contributed by atoms with Crippen LogP contribution in [0, 0.1) is 6.92 Å². The molecule has 7 heteroatoms. The van der Waals surface area contributed by atoms with E-state index in [2.05, 4.69) is 28.3 Å². The number of nitrogens with one attached hydrogen (secondary N) is 1. The standard InChI is InChI=1S/C13H11Cl2N3S2/c1-6-5-8-11(17-13(15)18-12(8)19-6)16-7(2)9-3-4-10(14)20-9/h3-5,7H,1-2H3,(H,16,17,18). The second-order valence-corrected chi connectivity index (χ2v) is 7.74. The number of hydrogen-bond acceptors (Lipinski definition) is 5. The van der Waals surface area contributed by atoms with Crippen molar-refractivity contribution in [2.75, 3.05) is 5.32 Å². The van der Waals surface area contributed by atoms with Crippen LogP contribution in [0.25, 0.3) is 10.2 Å². The van der Waals surface area contributed by atoms with E-state index in [9.17, 15) is 0 Å². The largest absolute Gasteiger partial charge is 0.362 e. The zero-order valence-corrected chi connectivity index (χ0v) is 13.9. The summed E-state index contributed by atoms with van der Waals surface area (Å²) in [5.74, 6) is 0.765. The Morgan fingerprint density at radius 2 is 2.00 bits per heavy atom. The van der Waals surface area contributed by atoms with Crippen molar-refractivity contribution in [2.45, 2.75) is 19.9 Å². The van der Waals surface area contributed by atoms with Crippen LogP contribution < -0.4 is 5.32 Å². The Balaban J connectivity index is 1.97. The Kier molecular flexibility index (Phi) is 3.86. The molecule has 20 heavy (non-hydrogen) atoms. The molecule has 3 heterocycles. The molecule has 0 bridgehead atoms. The average molecular weight is 344 g/mol. The highest BCUT2D eigenvalue weighted by Crippen LogP contribution is 2.33. The van der Waals surface area contributed by atoms with Crippen LogP contribution in [0.5, 0.6) is 0 Å². The SMILES string of the molecule is Cc1cc2c(NC(C)c3ccc(Cl)s3)nc(Cl)nc2s1. The van der Waals surface area contributed by atoms with E-state index in [1.807, 2.05) is 19.1 Å². The predicted octanol–water partition coefficient (Wildman–Crippen LogP) is 5.54. The third-order valence-electron chi connectivity index (χ3n) is 2.86. The van der Waals surface area contributed by atoms with Crippen LogP contribution in [-0.2, 0) is 0 Å². The molecule has 1 atom stereocenters. The van der Waals surface area contributed by atoms with Crippen molar-refractivity contribution in [1.82, 2.24) is 9.97 Å². The van der Waals surface area contributed by atoms with Crippen LogP contribution in [0.4, 0.5) is 5.82 Å². The minimum Gasteiger partial charge on any atom is -0.362 e. The van der Waals surface area contributed by atoms with Gasteiger partial charge in [-0.25, -0.2) is 9.97 Å². The van der Waals surface area contributed by atoms with Gasteiger partial charge in [-0.1, -0.05) is 11.6 Å². The lowest BCUT2D eigenvalue weighted by Crippen LogP contribution is -2.07. The Morgan fingerprint density at radius 3 is 2.70 bits per heavy atom. The first-order valence-corrected chi connectivity index (χ1v) is 8.37. The van der Waals surface area contributed by atoms with Gasteiger partial charge < -0.3 is 5.32 Å². The molecule has 104 valence electrons. The fraction of sp³-hybridized carbons (Fsp3) is 0.231. The van der Waals surface area contributed by atoms with Crippen LogP contribution in [0.15, 0.2) is 18.2 Å². The number of hydrogen-bond donors (Lipinski definition) is 1. The molecule has 1 N–H and O–H groups in total. The molecule has 0 fully saturated rings. The molecule has 3 rings (SSSR count). The molecular weight excluding hydrogens is 333 g/mol. The number of halogens is 2. The summed E-state index contributed by atoms with van der Waals surface area (Å²) in [5.41, 5.74) is 0. The van der Waals surface area contributed by atoms with Gasteiger partial charge in [0.05, 0.1) is 15.8 Å². The first-order chi connectivity index (χ1) is 9.52. The molecule has 0 saturated heterocycles. The summed E-state index contributed by atoms with van der Waals surface area (Å²) in [6.45, 7) is 4.12. The topological polar surface area (TPSA) is 37.8 Å². The van der Waals surface area contributed by atoms with Gasteiger partial charge in [0.15, 0.2) is 0 Å². The smallest absolute Gasteiger partial charge is 0.225 e. The number of nitrogens with zero attached hydrogens (tertiary/aromatic N) is 2. The third-order valence-corrected chi connectivity index (χ3v) is 5.39. The van der Waals surface area contributed by atoms with Crippen LogP contribution in [0.3, 0.4) is 0 Å². The van der Waals surface area contributed by atoms with Crippen molar-refractivity contribution in [1.29, 1.82) is 0 Å². The summed E-state index contributed by atoms with van der Waals surface area (Å²) in [6.07, 6.45) is 0. The van der Waals surface area contributed by atoms with Crippen LogP contribution >= 0.6 is 45.9 Å². The fourth-order valence-corrected chi connectivity index (χ4v) is 4.12. The molecule has 3 nitrogen and oxygen atoms in total. The van der Waals surface area contributed by atoms with Crippen molar-refractivity contribution in [3.05, 3.63) is 37.6 Å². The highest BCUT2D eigenvalue weighted by Gasteiger charge is 2.14. The maximum absolute atomic E-state index is 5.99. The Bertz CT molecular complexity index is 766. The van der Waals surface area contributed by atoms with E-state index in [1.54, 1.807) is 22.7 Å². The Hall–Kier alpha value is -0.880. The minimum atomic E-state index is 0.113. The highest BCUT2D eigenvalue weighted by molar-refractivity contribution is 7.18. The van der Waals surface area contributed by atoms with E-state index >= 15 is 0 Å². The molecule has 0 aliphatic heterocycles. The van der Waals surface area contributed by atoms with E-state index in [-0.39, 0.29) is 11.3 Å². The van der Waals surface area contributed by atoms with Gasteiger partial charge in [0.25, 0.3) is 0 Å². The van der Waals surface area contributed by atoms with Crippen LogP contribution in [-0.4, -0.2) is 9.97 Å². The van der Waals surface area contributed by atoms with Gasteiger partial charge in [-0.15, -0.1) is 22.7 Å². The zero-order valence-electron chi connectivity index (χ0n) is 10.8. The predicted molar refractivity (Wildman–Crippen MR) is 88.5 cm³/mol. The summed E-state index contributed by atoms with van der Waals surface area (Å²) >= 11 is 15.1. The molecule has 0 aliphatic rings. The molecule has 0 amide bonds. The number of anilines is 1. The first kappa shape index (κ1) is 14.1. The van der Waals surface area contributed by atoms with Gasteiger partial charge in [0.1, 0.15) is 10.6 Å². The number of fused-ring (bicyclic) bond motifs is 1. The van der Waals surface area contributed by atoms with E-state index in [1.165, 1.54) is 4.88 Å².